The van der Waals surface area contributed by atoms with Crippen molar-refractivity contribution < 1.29 is 4.79 Å². The molecule has 0 radical (unpaired) electrons. The number of aldehydes is 1. The van der Waals surface area contributed by atoms with Crippen LogP contribution in [0.4, 0.5) is 0 Å². The average molecular weight is 763 g/mol. The van der Waals surface area contributed by atoms with E-state index in [1.165, 1.54) is 6.29 Å². The van der Waals surface area contributed by atoms with Crippen molar-refractivity contribution in [3.05, 3.63) is 22.3 Å². The molecule has 256 valence electrons. The van der Waals surface area contributed by atoms with Crippen molar-refractivity contribution in [3.63, 3.8) is 0 Å². The minimum absolute atomic E-state index is 0.0847. The highest BCUT2D eigenvalue weighted by Crippen LogP contribution is 2.92. The zero-order valence-electron chi connectivity index (χ0n) is 31.6. The number of rotatable bonds is 1. The topological polar surface area (TPSA) is 17.1 Å². The first-order valence-electron chi connectivity index (χ1n) is 23.6. The first-order valence-corrected chi connectivity index (χ1v) is 23.6. The second-order valence-electron chi connectivity index (χ2n) is 24.0. The molecule has 1 nitrogen and oxygen atoms in total. The molecule has 0 heterocycles. The number of hydrogen-bond acceptors (Lipinski definition) is 1. The van der Waals surface area contributed by atoms with Gasteiger partial charge in [0, 0.05) is 16.7 Å². The summed E-state index contributed by atoms with van der Waals surface area (Å²) < 4.78 is 0. The van der Waals surface area contributed by atoms with E-state index < -0.39 is 0 Å². The lowest BCUT2D eigenvalue weighted by atomic mass is 9.68. The van der Waals surface area contributed by atoms with Crippen molar-refractivity contribution in [1.82, 2.24) is 0 Å². The maximum Gasteiger partial charge on any atom is 0.125 e. The van der Waals surface area contributed by atoms with Crippen LogP contribution in [0.5, 0.6) is 0 Å². The molecular weight excluding hydrogens is 761 g/mol. The summed E-state index contributed by atoms with van der Waals surface area (Å²) in [6.07, 6.45) is 1.53. The lowest BCUT2D eigenvalue weighted by molar-refractivity contribution is -0.109. The standard InChI is InChI=1S/C62H2O/c63-1-2-61-57-49-41-31-21-13-5-3-4-7-11-9(5)17-25-19(11)29-23-15(7)16-8(4)12-10-6(3)14(13)22-28-18(10)26-20(12)30-24(16)34-33(23)43-37(29)47-39(25)45(35(41)27(17)21)53(57)55(47)59-51(43)52-44(34)38(30)48-40(26)46-36(28)42(32(22)31)50(49)58(61)54(46)56(48)60(52)62(2,59)61/h1-2H. The van der Waals surface area contributed by atoms with Gasteiger partial charge in [-0.05, 0) is 313 Å². The van der Waals surface area contributed by atoms with Gasteiger partial charge in [0.25, 0.3) is 0 Å². The van der Waals surface area contributed by atoms with Gasteiger partial charge in [-0.2, -0.15) is 0 Å². The van der Waals surface area contributed by atoms with Crippen LogP contribution in [0.15, 0.2) is 0 Å². The molecule has 63 heavy (non-hydrogen) atoms. The molecule has 1 fully saturated rings. The molecule has 0 saturated heterocycles. The Morgan fingerprint density at radius 3 is 0.365 bits per heavy atom. The van der Waals surface area contributed by atoms with Crippen molar-refractivity contribution in [2.24, 2.45) is 5.92 Å². The van der Waals surface area contributed by atoms with Gasteiger partial charge in [0.05, 0.1) is 0 Å². The molecule has 0 bridgehead atoms. The van der Waals surface area contributed by atoms with Gasteiger partial charge in [-0.3, -0.25) is 0 Å². The van der Waals surface area contributed by atoms with Crippen molar-refractivity contribution in [2.45, 2.75) is 10.8 Å². The van der Waals surface area contributed by atoms with Gasteiger partial charge in [-0.1, -0.05) is 0 Å². The molecule has 0 aliphatic heterocycles. The molecule has 0 unspecified atom stereocenters. The van der Waals surface area contributed by atoms with Gasteiger partial charge in [0.2, 0.25) is 0 Å². The van der Waals surface area contributed by atoms with Crippen LogP contribution < -0.4 is 0 Å². The van der Waals surface area contributed by atoms with Crippen LogP contribution in [0, 0.1) is 5.92 Å². The summed E-state index contributed by atoms with van der Waals surface area (Å²) in [4.78, 5) is 14.9. The SMILES string of the molecule is O=CC1C23c4c5c6c7c8c9c(c%10c%11c2c2c4c4c%12c5c5c6c6c8c8c%13c9c9c%10c%10c%11c%11c2c2c4c4c%12c%12c5c5c6c8c6c8c%13c9c9c%10c%10c%11c2c2c4c4c%12c5c6c5c8c9c%10c2c45)C713. The average Bonchev–Trinajstić information content (AvgIpc) is 4.14. The fourth-order valence-electron chi connectivity index (χ4n) is 24.7. The molecule has 28 aromatic carbocycles. The van der Waals surface area contributed by atoms with E-state index in [-0.39, 0.29) is 16.7 Å². The van der Waals surface area contributed by atoms with Gasteiger partial charge in [-0.15, -0.1) is 0 Å². The molecule has 2 spiro atoms. The molecular formula is C62H2O. The lowest BCUT2D eigenvalue weighted by Gasteiger charge is -2.32. The third-order valence-corrected chi connectivity index (χ3v) is 24.4. The molecule has 1 saturated carbocycles. The van der Waals surface area contributed by atoms with E-state index in [0.717, 1.165) is 0 Å². The van der Waals surface area contributed by atoms with Crippen LogP contribution in [0.1, 0.15) is 22.3 Å². The predicted octanol–water partition coefficient (Wildman–Crippen LogP) is 16.1. The van der Waals surface area contributed by atoms with Crippen LogP contribution in [0.25, 0.3) is 291 Å². The van der Waals surface area contributed by atoms with Gasteiger partial charge in [0.1, 0.15) is 6.29 Å². The molecule has 0 aromatic heterocycles. The third-order valence-electron chi connectivity index (χ3n) is 24.4. The Bertz CT molecular complexity index is 6400. The van der Waals surface area contributed by atoms with E-state index in [0.29, 0.717) is 0 Å². The molecule has 0 N–H and O–H groups in total. The first-order chi connectivity index (χ1) is 31.4. The monoisotopic (exact) mass is 762 g/mol. The largest absolute Gasteiger partial charge is 0.303 e. The normalized spacial score (nSPS) is 24.5. The number of carbonyl (C=O) groups excluding carboxylic acids is 1. The molecule has 1 heteroatoms. The van der Waals surface area contributed by atoms with Gasteiger partial charge < -0.3 is 4.79 Å². The van der Waals surface area contributed by atoms with Crippen molar-refractivity contribution in [3.8, 4) is 0 Å². The summed E-state index contributed by atoms with van der Waals surface area (Å²) in [6.45, 7) is 0. The zero-order valence-corrected chi connectivity index (χ0v) is 31.6. The second kappa shape index (κ2) is 4.61. The molecule has 33 rings (SSSR count). The van der Waals surface area contributed by atoms with E-state index in [2.05, 4.69) is 0 Å². The van der Waals surface area contributed by atoms with Crippen LogP contribution in [-0.4, -0.2) is 6.29 Å². The summed E-state index contributed by atoms with van der Waals surface area (Å²) in [5, 5.41) is 87.4. The predicted molar refractivity (Wildman–Crippen MR) is 263 cm³/mol. The molecule has 5 aliphatic rings. The van der Waals surface area contributed by atoms with Crippen LogP contribution in [0.2, 0.25) is 0 Å². The van der Waals surface area contributed by atoms with E-state index >= 15 is 0 Å². The van der Waals surface area contributed by atoms with Crippen LogP contribution >= 0.6 is 0 Å². The zero-order chi connectivity index (χ0) is 36.8. The van der Waals surface area contributed by atoms with E-state index in [1.807, 2.05) is 0 Å². The fraction of sp³-hybridized carbons (Fsp3) is 0.0484. The number of hydrogen-bond donors (Lipinski definition) is 0. The Morgan fingerprint density at radius 2 is 0.270 bits per heavy atom. The summed E-state index contributed by atoms with van der Waals surface area (Å²) in [5.41, 5.74) is 5.79. The lowest BCUT2D eigenvalue weighted by Crippen LogP contribution is -2.27. The van der Waals surface area contributed by atoms with Crippen molar-refractivity contribution in [1.29, 1.82) is 0 Å². The molecule has 0 amide bonds. The van der Waals surface area contributed by atoms with Gasteiger partial charge in [0.15, 0.2) is 0 Å². The maximum atomic E-state index is 14.9. The molecule has 0 atom stereocenters. The molecule has 5 aliphatic carbocycles. The quantitative estimate of drug-likeness (QED) is 0.120. The Kier molecular flexibility index (Phi) is 1.59. The Balaban J connectivity index is 1.30. The van der Waals surface area contributed by atoms with E-state index in [1.54, 1.807) is 313 Å². The van der Waals surface area contributed by atoms with Crippen LogP contribution in [0.3, 0.4) is 0 Å². The second-order valence-corrected chi connectivity index (χ2v) is 24.0. The third kappa shape index (κ3) is 1.03. The highest BCUT2D eigenvalue weighted by atomic mass is 16.1. The van der Waals surface area contributed by atoms with Crippen molar-refractivity contribution in [2.75, 3.05) is 0 Å². The Morgan fingerprint density at radius 1 is 0.175 bits per heavy atom. The van der Waals surface area contributed by atoms with Crippen molar-refractivity contribution >= 4 is 297 Å². The molecule has 28 aromatic rings. The maximum absolute atomic E-state index is 14.9. The smallest absolute Gasteiger partial charge is 0.125 e. The highest BCUT2D eigenvalue weighted by Gasteiger charge is 2.86. The first kappa shape index (κ1) is 21.8. The van der Waals surface area contributed by atoms with Crippen LogP contribution in [-0.2, 0) is 15.6 Å². The Labute approximate surface area is 339 Å². The minimum atomic E-state index is -0.347. The minimum Gasteiger partial charge on any atom is -0.303 e. The summed E-state index contributed by atoms with van der Waals surface area (Å²) >= 11 is 0. The number of carbonyl (C=O) groups is 1. The summed E-state index contributed by atoms with van der Waals surface area (Å²) in [5.74, 6) is -0.0847. The van der Waals surface area contributed by atoms with Gasteiger partial charge >= 0.3 is 0 Å². The van der Waals surface area contributed by atoms with Gasteiger partial charge in [-0.25, -0.2) is 0 Å². The highest BCUT2D eigenvalue weighted by molar-refractivity contribution is 6.82. The summed E-state index contributed by atoms with van der Waals surface area (Å²) in [7, 11) is 0. The summed E-state index contributed by atoms with van der Waals surface area (Å²) in [6, 6.07) is 0. The fourth-order valence-corrected chi connectivity index (χ4v) is 24.7. The number of benzene rings is 18. The van der Waals surface area contributed by atoms with E-state index in [4.69, 9.17) is 0 Å². The Hall–Kier alpha value is -7.87. The van der Waals surface area contributed by atoms with E-state index in [9.17, 15) is 4.79 Å².